The highest BCUT2D eigenvalue weighted by Gasteiger charge is 2.35. The number of carbonyl (C=O) groups excluding carboxylic acids is 2. The van der Waals surface area contributed by atoms with E-state index in [1.807, 2.05) is 59.7 Å². The molecule has 0 aromatic carbocycles. The van der Waals surface area contributed by atoms with Crippen molar-refractivity contribution in [2.45, 2.75) is 94.7 Å². The predicted octanol–water partition coefficient (Wildman–Crippen LogP) is 11.9. The van der Waals surface area contributed by atoms with Crippen LogP contribution in [0.5, 0.6) is 0 Å². The topological polar surface area (TPSA) is 136 Å². The third-order valence-electron chi connectivity index (χ3n) is 10.7. The van der Waals surface area contributed by atoms with Gasteiger partial charge in [-0.15, -0.1) is 69.0 Å². The van der Waals surface area contributed by atoms with E-state index in [4.69, 9.17) is 40.3 Å². The second-order valence-electron chi connectivity index (χ2n) is 21.4. The maximum Gasteiger partial charge on any atom is 0.410 e. The van der Waals surface area contributed by atoms with E-state index >= 15 is 0 Å². The van der Waals surface area contributed by atoms with Crippen LogP contribution in [-0.4, -0.2) is 93.9 Å². The number of aromatic nitrogens is 6. The number of ether oxygens (including phenoxy) is 2. The molecule has 0 spiro atoms. The molecule has 0 N–H and O–H groups in total. The van der Waals surface area contributed by atoms with Crippen molar-refractivity contribution in [1.82, 2.24) is 40.4 Å². The third kappa shape index (κ3) is 66.5. The standard InChI is InChI=1S/C54H2.C12H17N3O2.C8H14INO2.C8H10N2.C7H4.C4H3ClN2.H10P8/c1-3-5-7-9-11-13-15-17-19-21-23-25-27-29-31-33-35-37-39-41-43-45-47-49-51-53-54-52-50-48-46-44-42-40-38-36-34-32-30-28-26-24-22-20-18-16-14-12-10-8-6-4-2;1-12(2,3)17-11(16)15-7-9(8-15)10-5-4-6-13-14-10;1-8(2,3)12-7(11)10-4-6(9)5-10;1-3-7(4-1)8-5-2-6-9-10-8;1-3-5-7-6-4-2;5-4-2-1-3-6-7-4;1-6(2)8(5)7(3)4/h1-2H;4-6,9H,7-8H2,1-3H3;6H,4-5H2,1-3H3;2,5-7H,1,3-4H2;1H,2H3;1-3H;1-5H2. The summed E-state index contributed by atoms with van der Waals surface area (Å²) in [4.78, 5) is 26.4. The number of nitrogens with zero attached hydrogens (tertiary/aromatic N) is 8. The van der Waals surface area contributed by atoms with Gasteiger partial charge in [0.15, 0.2) is 5.15 Å². The Hall–Kier alpha value is -13.0. The van der Waals surface area contributed by atoms with Crippen LogP contribution >= 0.6 is 99.8 Å². The maximum atomic E-state index is 11.7. The Morgan fingerprint density at radius 3 is 0.791 bits per heavy atom. The summed E-state index contributed by atoms with van der Waals surface area (Å²) in [6.45, 7) is 16.4. The normalized spacial score (nSPS) is 9.41. The first-order valence-electron chi connectivity index (χ1n) is 32.1. The summed E-state index contributed by atoms with van der Waals surface area (Å²) >= 11 is 7.70. The first kappa shape index (κ1) is 102. The van der Waals surface area contributed by atoms with Gasteiger partial charge in [-0.25, -0.2) is 9.59 Å². The Bertz CT molecular complexity index is 5730. The molecule has 1 aliphatic carbocycles. The van der Waals surface area contributed by atoms with Crippen LogP contribution in [0.3, 0.4) is 0 Å². The second-order valence-corrected chi connectivity index (χ2v) is 51.7. The number of carbonyl (C=O) groups is 2. The smallest absolute Gasteiger partial charge is 0.410 e. The molecule has 2 saturated heterocycles. The van der Waals surface area contributed by atoms with Gasteiger partial charge in [-0.05, 0) is 237 Å². The van der Waals surface area contributed by atoms with Crippen LogP contribution in [0, 0.1) is 357 Å². The van der Waals surface area contributed by atoms with Gasteiger partial charge in [0.2, 0.25) is 0 Å². The molecule has 2 aliphatic heterocycles. The first-order chi connectivity index (χ1) is 55.6. The summed E-state index contributed by atoms with van der Waals surface area (Å²) in [5.41, 5.74) is 1.31. The lowest BCUT2D eigenvalue weighted by Gasteiger charge is -2.39. The van der Waals surface area contributed by atoms with E-state index in [9.17, 15) is 9.59 Å². The fourth-order valence-electron chi connectivity index (χ4n) is 5.91. The molecular formula is C93H60ClIN8O4P8. The molecule has 5 unspecified atom stereocenters. The van der Waals surface area contributed by atoms with E-state index in [0.29, 0.717) is 28.1 Å². The number of rotatable bonds is 4. The van der Waals surface area contributed by atoms with Gasteiger partial charge in [-0.1, -0.05) is 46.5 Å². The Morgan fingerprint density at radius 1 is 0.391 bits per heavy atom. The molecule has 115 heavy (non-hydrogen) atoms. The van der Waals surface area contributed by atoms with Gasteiger partial charge in [0, 0.05) is 274 Å². The average molecular weight is 1760 g/mol. The third-order valence-corrected chi connectivity index (χ3v) is 49.5. The molecule has 3 aromatic rings. The number of alkyl halides is 1. The Morgan fingerprint density at radius 2 is 0.626 bits per heavy atom. The fraction of sp³-hybridized carbons (Fsp3) is 0.204. The molecule has 2 amide bonds. The largest absolute Gasteiger partial charge is 0.444 e. The number of amides is 2. The number of terminal acetylenes is 3. The molecular weight excluding hydrogens is 1700 g/mol. The fourth-order valence-corrected chi connectivity index (χ4v) is 35.8. The van der Waals surface area contributed by atoms with E-state index in [2.05, 4.69) is 441 Å². The van der Waals surface area contributed by atoms with Crippen molar-refractivity contribution in [1.29, 1.82) is 0 Å². The van der Waals surface area contributed by atoms with Crippen molar-refractivity contribution in [2.75, 3.05) is 26.2 Å². The van der Waals surface area contributed by atoms with E-state index in [1.54, 1.807) is 47.4 Å². The van der Waals surface area contributed by atoms with Crippen molar-refractivity contribution in [3.8, 4) is 357 Å². The minimum Gasteiger partial charge on any atom is -0.444 e. The van der Waals surface area contributed by atoms with Crippen LogP contribution in [0.25, 0.3) is 0 Å². The lowest BCUT2D eigenvalue weighted by atomic mass is 9.83. The molecule has 6 rings (SSSR count). The highest BCUT2D eigenvalue weighted by molar-refractivity contribution is 14.1. The molecule has 5 heterocycles. The van der Waals surface area contributed by atoms with E-state index in [-0.39, 0.29) is 44.7 Å². The lowest BCUT2D eigenvalue weighted by molar-refractivity contribution is 0.00767. The molecule has 3 aliphatic rings. The highest BCUT2D eigenvalue weighted by atomic mass is 127. The zero-order valence-corrected chi connectivity index (χ0v) is 74.2. The quantitative estimate of drug-likeness (QED) is 0.107. The van der Waals surface area contributed by atoms with Crippen molar-refractivity contribution >= 4 is 112 Å². The van der Waals surface area contributed by atoms with Crippen molar-refractivity contribution in [2.24, 2.45) is 0 Å². The van der Waals surface area contributed by atoms with Crippen LogP contribution < -0.4 is 0 Å². The SMILES string of the molecule is C#CC#CC#CC.C#CC#CC#CC#CC#CC#CC#CC#CC#CC#CC#CC#CC#CC#CC#CC#CC#CC#CC#CC#CC#CC#CC#CC#CC#CC#CC#C.CC(C)(C)OC(=O)N1CC(I)C1.CC(C)(C)OC(=O)N1CC(c2cccnn2)C1.Clc1cccnn1.PP(P)P(P)P(P)P.c1cnnc(C2CCC2)c1. The summed E-state index contributed by atoms with van der Waals surface area (Å²) in [5.74, 6) is 141. The van der Waals surface area contributed by atoms with Crippen LogP contribution in [0.2, 0.25) is 5.15 Å². The van der Waals surface area contributed by atoms with Gasteiger partial charge in [0.1, 0.15) is 11.2 Å². The minimum atomic E-state index is -0.436. The van der Waals surface area contributed by atoms with Gasteiger partial charge in [0.25, 0.3) is 0 Å². The van der Waals surface area contributed by atoms with Crippen LogP contribution in [-0.2, 0) is 9.47 Å². The molecule has 12 nitrogen and oxygen atoms in total. The number of hydrogen-bond donors (Lipinski definition) is 0. The van der Waals surface area contributed by atoms with Crippen LogP contribution in [0.4, 0.5) is 9.59 Å². The summed E-state index contributed by atoms with van der Waals surface area (Å²) in [7, 11) is 14.4. The van der Waals surface area contributed by atoms with E-state index < -0.39 is 5.60 Å². The monoisotopic (exact) mass is 1760 g/mol. The molecule has 0 bridgehead atoms. The zero-order chi connectivity index (χ0) is 84.8. The summed E-state index contributed by atoms with van der Waals surface area (Å²) < 4.78 is 11.1. The van der Waals surface area contributed by atoms with Crippen molar-refractivity contribution in [3.05, 3.63) is 71.5 Å². The molecule has 3 fully saturated rings. The van der Waals surface area contributed by atoms with Crippen molar-refractivity contribution in [3.63, 3.8) is 0 Å². The number of likely N-dealkylation sites (tertiary alicyclic amines) is 2. The summed E-state index contributed by atoms with van der Waals surface area (Å²) in [5, 5.41) is 23.2. The zero-order valence-electron chi connectivity index (χ0n) is 62.8. The maximum absolute atomic E-state index is 11.7. The average Bonchev–Trinajstić information content (AvgIpc) is 0.808. The second kappa shape index (κ2) is 71.4. The molecule has 3 aromatic heterocycles. The molecule has 1 saturated carbocycles. The highest BCUT2D eigenvalue weighted by Crippen LogP contribution is 3.00. The molecule has 550 valence electrons. The Labute approximate surface area is 714 Å². The first-order valence-corrected chi connectivity index (χ1v) is 47.2. The van der Waals surface area contributed by atoms with Gasteiger partial charge in [-0.2, -0.15) is 25.5 Å². The van der Waals surface area contributed by atoms with Crippen molar-refractivity contribution < 1.29 is 19.1 Å². The van der Waals surface area contributed by atoms with Gasteiger partial charge in [0.05, 0.1) is 11.4 Å². The summed E-state index contributed by atoms with van der Waals surface area (Å²) in [6.07, 6.45) is 23.1. The van der Waals surface area contributed by atoms with Crippen LogP contribution in [0.15, 0.2) is 55.0 Å². The lowest BCUT2D eigenvalue weighted by Crippen LogP contribution is -2.52. The van der Waals surface area contributed by atoms with E-state index in [0.717, 1.165) is 18.8 Å². The molecule has 5 atom stereocenters. The van der Waals surface area contributed by atoms with Gasteiger partial charge >= 0.3 is 12.2 Å². The Kier molecular flexibility index (Phi) is 63.3. The van der Waals surface area contributed by atoms with E-state index in [1.165, 1.54) is 25.0 Å². The minimum absolute atomic E-state index is 0.147. The molecule has 22 heteroatoms. The van der Waals surface area contributed by atoms with Gasteiger partial charge < -0.3 is 19.3 Å². The number of halogens is 2. The predicted molar refractivity (Wildman–Crippen MR) is 495 cm³/mol. The Balaban J connectivity index is 0.00000166. The summed E-state index contributed by atoms with van der Waals surface area (Å²) in [6, 6.07) is 11.2. The number of hydrogen-bond acceptors (Lipinski definition) is 10. The van der Waals surface area contributed by atoms with Crippen LogP contribution in [0.1, 0.15) is 91.0 Å². The van der Waals surface area contributed by atoms with Gasteiger partial charge in [-0.3, -0.25) is 0 Å². The molecule has 0 radical (unpaired) electrons.